The summed E-state index contributed by atoms with van der Waals surface area (Å²) in [6.07, 6.45) is -0.0824. The zero-order valence-electron chi connectivity index (χ0n) is 10.2. The summed E-state index contributed by atoms with van der Waals surface area (Å²) in [4.78, 5) is 12.0. The van der Waals surface area contributed by atoms with Crippen LogP contribution in [0.3, 0.4) is 0 Å². The summed E-state index contributed by atoms with van der Waals surface area (Å²) in [7, 11) is 0. The molecule has 0 spiro atoms. The van der Waals surface area contributed by atoms with Crippen molar-refractivity contribution >= 4 is 5.78 Å². The zero-order valence-corrected chi connectivity index (χ0v) is 10.2. The maximum atomic E-state index is 12.0. The van der Waals surface area contributed by atoms with Crippen LogP contribution in [0.1, 0.15) is 25.8 Å². The Kier molecular flexibility index (Phi) is 3.31. The molecule has 0 saturated carbocycles. The molecule has 3 nitrogen and oxygen atoms in total. The van der Waals surface area contributed by atoms with Gasteiger partial charge in [0.1, 0.15) is 11.7 Å². The van der Waals surface area contributed by atoms with E-state index < -0.39 is 11.7 Å². The number of rotatable bonds is 2. The Labute approximate surface area is 101 Å². The van der Waals surface area contributed by atoms with E-state index in [1.807, 2.05) is 37.3 Å². The van der Waals surface area contributed by atoms with Crippen molar-refractivity contribution in [3.05, 3.63) is 35.9 Å². The van der Waals surface area contributed by atoms with E-state index in [-0.39, 0.29) is 11.9 Å². The van der Waals surface area contributed by atoms with Crippen molar-refractivity contribution in [3.63, 3.8) is 0 Å². The molecule has 3 unspecified atom stereocenters. The summed E-state index contributed by atoms with van der Waals surface area (Å²) < 4.78 is 5.75. The molecule has 1 heterocycles. The van der Waals surface area contributed by atoms with Gasteiger partial charge in [-0.3, -0.25) is 4.79 Å². The highest BCUT2D eigenvalue weighted by Gasteiger charge is 2.44. The molecule has 0 bridgehead atoms. The van der Waals surface area contributed by atoms with Gasteiger partial charge in [0.25, 0.3) is 0 Å². The Morgan fingerprint density at radius 3 is 2.71 bits per heavy atom. The number of hydrogen-bond acceptors (Lipinski definition) is 3. The van der Waals surface area contributed by atoms with Gasteiger partial charge >= 0.3 is 0 Å². The minimum Gasteiger partial charge on any atom is -0.385 e. The molecule has 1 N–H and O–H groups in total. The van der Waals surface area contributed by atoms with E-state index in [0.717, 1.165) is 5.56 Å². The Balaban J connectivity index is 2.20. The second-order valence-electron chi connectivity index (χ2n) is 4.94. The molecule has 1 aromatic rings. The van der Waals surface area contributed by atoms with Gasteiger partial charge in [-0.05, 0) is 19.4 Å². The van der Waals surface area contributed by atoms with Gasteiger partial charge in [0, 0.05) is 12.8 Å². The highest BCUT2D eigenvalue weighted by molar-refractivity contribution is 5.91. The Hall–Kier alpha value is -1.19. The fraction of sp³-hybridized carbons (Fsp3) is 0.500. The maximum Gasteiger partial charge on any atom is 0.193 e. The lowest BCUT2D eigenvalue weighted by molar-refractivity contribution is -0.174. The number of Topliss-reactive ketones (excluding diaryl/α,β-unsaturated/α-hetero) is 1. The zero-order chi connectivity index (χ0) is 12.5. The number of benzene rings is 1. The predicted octanol–water partition coefficient (Wildman–Crippen LogP) is 1.73. The molecule has 1 aliphatic rings. The van der Waals surface area contributed by atoms with Crippen LogP contribution in [0.25, 0.3) is 0 Å². The van der Waals surface area contributed by atoms with Crippen LogP contribution in [0.4, 0.5) is 0 Å². The molecule has 0 radical (unpaired) electrons. The number of ketones is 1. The smallest absolute Gasteiger partial charge is 0.193 e. The van der Waals surface area contributed by atoms with Gasteiger partial charge in [0.15, 0.2) is 5.78 Å². The monoisotopic (exact) mass is 234 g/mol. The Morgan fingerprint density at radius 1 is 1.41 bits per heavy atom. The molecule has 1 aromatic carbocycles. The topological polar surface area (TPSA) is 46.5 Å². The lowest BCUT2D eigenvalue weighted by atomic mass is 9.85. The van der Waals surface area contributed by atoms with Crippen LogP contribution in [0.5, 0.6) is 0 Å². The van der Waals surface area contributed by atoms with Gasteiger partial charge in [-0.15, -0.1) is 0 Å². The van der Waals surface area contributed by atoms with Crippen LogP contribution in [0.2, 0.25) is 0 Å². The van der Waals surface area contributed by atoms with Gasteiger partial charge in [-0.1, -0.05) is 30.3 Å². The molecule has 2 rings (SSSR count). The molecule has 0 aliphatic carbocycles. The van der Waals surface area contributed by atoms with E-state index >= 15 is 0 Å². The normalized spacial score (nSPS) is 33.7. The molecule has 17 heavy (non-hydrogen) atoms. The first kappa shape index (κ1) is 12.3. The summed E-state index contributed by atoms with van der Waals surface area (Å²) in [5.41, 5.74) is 0.142. The van der Waals surface area contributed by atoms with Gasteiger partial charge in [0.2, 0.25) is 0 Å². The third-order valence-corrected chi connectivity index (χ3v) is 3.22. The number of hydrogen-bond donors (Lipinski definition) is 1. The lowest BCUT2D eigenvalue weighted by Crippen LogP contribution is -2.53. The van der Waals surface area contributed by atoms with Crippen LogP contribution < -0.4 is 0 Å². The highest BCUT2D eigenvalue weighted by atomic mass is 16.5. The first-order valence-corrected chi connectivity index (χ1v) is 5.95. The van der Waals surface area contributed by atoms with Crippen LogP contribution in [0.15, 0.2) is 30.3 Å². The SMILES string of the molecule is CC1CC(O)C(=O)C(C)(Cc2ccccc2)O1. The lowest BCUT2D eigenvalue weighted by Gasteiger charge is -2.38. The summed E-state index contributed by atoms with van der Waals surface area (Å²) in [6.45, 7) is 3.65. The Morgan fingerprint density at radius 2 is 2.06 bits per heavy atom. The van der Waals surface area contributed by atoms with Crippen molar-refractivity contribution in [2.45, 2.75) is 44.5 Å². The number of carbonyl (C=O) groups is 1. The van der Waals surface area contributed by atoms with Gasteiger partial charge in [-0.25, -0.2) is 0 Å². The average molecular weight is 234 g/mol. The summed E-state index contributed by atoms with van der Waals surface area (Å²) in [5.74, 6) is -0.209. The van der Waals surface area contributed by atoms with E-state index in [1.165, 1.54) is 0 Å². The molecule has 0 amide bonds. The first-order chi connectivity index (χ1) is 8.01. The van der Waals surface area contributed by atoms with E-state index in [4.69, 9.17) is 4.74 Å². The van der Waals surface area contributed by atoms with Crippen molar-refractivity contribution in [1.29, 1.82) is 0 Å². The first-order valence-electron chi connectivity index (χ1n) is 5.95. The van der Waals surface area contributed by atoms with Crippen LogP contribution in [-0.4, -0.2) is 28.7 Å². The molecule has 0 aromatic heterocycles. The van der Waals surface area contributed by atoms with Crippen LogP contribution in [-0.2, 0) is 16.0 Å². The van der Waals surface area contributed by atoms with Crippen molar-refractivity contribution in [2.75, 3.05) is 0 Å². The third-order valence-electron chi connectivity index (χ3n) is 3.22. The van der Waals surface area contributed by atoms with E-state index in [0.29, 0.717) is 12.8 Å². The summed E-state index contributed by atoms with van der Waals surface area (Å²) in [5, 5.41) is 9.73. The summed E-state index contributed by atoms with van der Waals surface area (Å²) in [6, 6.07) is 9.74. The number of aliphatic hydroxyl groups excluding tert-OH is 1. The molecule has 92 valence electrons. The van der Waals surface area contributed by atoms with Crippen molar-refractivity contribution in [1.82, 2.24) is 0 Å². The quantitative estimate of drug-likeness (QED) is 0.847. The molecular weight excluding hydrogens is 216 g/mol. The molecule has 1 fully saturated rings. The van der Waals surface area contributed by atoms with Crippen LogP contribution >= 0.6 is 0 Å². The molecule has 3 heteroatoms. The fourth-order valence-electron chi connectivity index (χ4n) is 2.44. The van der Waals surface area contributed by atoms with Gasteiger partial charge in [0.05, 0.1) is 6.10 Å². The van der Waals surface area contributed by atoms with E-state index in [2.05, 4.69) is 0 Å². The highest BCUT2D eigenvalue weighted by Crippen LogP contribution is 2.29. The minimum atomic E-state index is -0.904. The third kappa shape index (κ3) is 2.56. The van der Waals surface area contributed by atoms with Crippen LogP contribution in [0, 0.1) is 0 Å². The van der Waals surface area contributed by atoms with Crippen molar-refractivity contribution in [3.8, 4) is 0 Å². The molecular formula is C14H18O3. The maximum absolute atomic E-state index is 12.0. The van der Waals surface area contributed by atoms with E-state index in [1.54, 1.807) is 6.92 Å². The second kappa shape index (κ2) is 4.59. The summed E-state index contributed by atoms with van der Waals surface area (Å²) >= 11 is 0. The fourth-order valence-corrected chi connectivity index (χ4v) is 2.44. The number of carbonyl (C=O) groups excluding carboxylic acids is 1. The average Bonchev–Trinajstić information content (AvgIpc) is 2.27. The minimum absolute atomic E-state index is 0.0867. The predicted molar refractivity (Wildman–Crippen MR) is 64.7 cm³/mol. The molecule has 1 aliphatic heterocycles. The van der Waals surface area contributed by atoms with Crippen molar-refractivity contribution < 1.29 is 14.6 Å². The largest absolute Gasteiger partial charge is 0.385 e. The van der Waals surface area contributed by atoms with Gasteiger partial charge < -0.3 is 9.84 Å². The number of aliphatic hydroxyl groups is 1. The second-order valence-corrected chi connectivity index (χ2v) is 4.94. The van der Waals surface area contributed by atoms with Gasteiger partial charge in [-0.2, -0.15) is 0 Å². The number of ether oxygens (including phenoxy) is 1. The van der Waals surface area contributed by atoms with Crippen molar-refractivity contribution in [2.24, 2.45) is 0 Å². The van der Waals surface area contributed by atoms with E-state index in [9.17, 15) is 9.90 Å². The molecule has 1 saturated heterocycles. The standard InChI is InChI=1S/C14H18O3/c1-10-8-12(15)13(16)14(2,17-10)9-11-6-4-3-5-7-11/h3-7,10,12,15H,8-9H2,1-2H3. The Bertz CT molecular complexity index is 401. The molecule has 3 atom stereocenters.